The largest absolute Gasteiger partial charge is 0.369 e. The van der Waals surface area contributed by atoms with Gasteiger partial charge in [-0.15, -0.1) is 25.3 Å². The predicted octanol–water partition coefficient (Wildman–Crippen LogP) is 4.28. The lowest BCUT2D eigenvalue weighted by atomic mass is 10.2. The molecule has 0 amide bonds. The summed E-state index contributed by atoms with van der Waals surface area (Å²) in [5.41, 5.74) is 2.49. The SMILES string of the molecule is O=[N+]([O-])c1ccc(N=Nc2ccc(N3CCN(C(S)S)CC3)cc2)cc1. The lowest BCUT2D eigenvalue weighted by molar-refractivity contribution is -0.384. The summed E-state index contributed by atoms with van der Waals surface area (Å²) in [5.74, 6) is 0. The third kappa shape index (κ3) is 4.75. The molecule has 0 aromatic heterocycles. The number of nitrogens with zero attached hydrogens (tertiary/aromatic N) is 5. The van der Waals surface area contributed by atoms with Crippen LogP contribution < -0.4 is 4.90 Å². The van der Waals surface area contributed by atoms with Gasteiger partial charge >= 0.3 is 0 Å². The fraction of sp³-hybridized carbons (Fsp3) is 0.294. The number of benzene rings is 2. The number of hydrogen-bond acceptors (Lipinski definition) is 8. The molecule has 1 heterocycles. The summed E-state index contributed by atoms with van der Waals surface area (Å²) in [4.78, 5) is 14.7. The molecular weight excluding hydrogens is 370 g/mol. The fourth-order valence-electron chi connectivity index (χ4n) is 2.70. The molecule has 0 unspecified atom stereocenters. The number of rotatable bonds is 5. The highest BCUT2D eigenvalue weighted by atomic mass is 32.2. The van der Waals surface area contributed by atoms with Crippen LogP contribution in [0.5, 0.6) is 0 Å². The van der Waals surface area contributed by atoms with Gasteiger partial charge in [0.05, 0.1) is 21.0 Å². The summed E-state index contributed by atoms with van der Waals surface area (Å²) >= 11 is 8.71. The van der Waals surface area contributed by atoms with Crippen molar-refractivity contribution in [2.45, 2.75) is 4.71 Å². The van der Waals surface area contributed by atoms with Crippen LogP contribution in [0.1, 0.15) is 0 Å². The van der Waals surface area contributed by atoms with E-state index < -0.39 is 4.92 Å². The molecule has 0 atom stereocenters. The van der Waals surface area contributed by atoms with Gasteiger partial charge in [0.2, 0.25) is 0 Å². The quantitative estimate of drug-likeness (QED) is 0.263. The number of piperazine rings is 1. The van der Waals surface area contributed by atoms with Gasteiger partial charge in [-0.1, -0.05) is 0 Å². The third-order valence-corrected chi connectivity index (χ3v) is 4.85. The molecule has 1 aliphatic rings. The minimum Gasteiger partial charge on any atom is -0.369 e. The Kier molecular flexibility index (Phi) is 6.12. The smallest absolute Gasteiger partial charge is 0.269 e. The van der Waals surface area contributed by atoms with Crippen LogP contribution >= 0.6 is 25.3 Å². The molecule has 0 bridgehead atoms. The van der Waals surface area contributed by atoms with Crippen molar-refractivity contribution in [2.75, 3.05) is 31.1 Å². The molecule has 1 saturated heterocycles. The zero-order valence-electron chi connectivity index (χ0n) is 14.0. The molecule has 136 valence electrons. The van der Waals surface area contributed by atoms with Crippen LogP contribution in [0.2, 0.25) is 0 Å². The number of thiol groups is 2. The van der Waals surface area contributed by atoms with Crippen LogP contribution in [-0.4, -0.2) is 40.7 Å². The second-order valence-electron chi connectivity index (χ2n) is 5.86. The van der Waals surface area contributed by atoms with E-state index in [0.29, 0.717) is 5.69 Å². The molecule has 0 radical (unpaired) electrons. The summed E-state index contributed by atoms with van der Waals surface area (Å²) in [5, 5.41) is 18.9. The summed E-state index contributed by atoms with van der Waals surface area (Å²) in [7, 11) is 0. The van der Waals surface area contributed by atoms with Crippen molar-refractivity contribution in [1.29, 1.82) is 0 Å². The summed E-state index contributed by atoms with van der Waals surface area (Å²) in [6.45, 7) is 3.72. The first-order valence-corrected chi connectivity index (χ1v) is 9.17. The Balaban J connectivity index is 1.60. The van der Waals surface area contributed by atoms with Gasteiger partial charge in [-0.05, 0) is 36.4 Å². The average Bonchev–Trinajstić information content (AvgIpc) is 2.67. The molecule has 0 saturated carbocycles. The van der Waals surface area contributed by atoms with Crippen molar-refractivity contribution in [2.24, 2.45) is 10.2 Å². The Bertz CT molecular complexity index is 773. The van der Waals surface area contributed by atoms with E-state index in [0.717, 1.165) is 37.6 Å². The molecule has 1 fully saturated rings. The van der Waals surface area contributed by atoms with Crippen molar-refractivity contribution in [3.05, 3.63) is 58.6 Å². The van der Waals surface area contributed by atoms with Crippen LogP contribution in [0.4, 0.5) is 22.7 Å². The zero-order valence-corrected chi connectivity index (χ0v) is 15.8. The Labute approximate surface area is 162 Å². The second kappa shape index (κ2) is 8.52. The Morgan fingerprint density at radius 2 is 1.38 bits per heavy atom. The zero-order chi connectivity index (χ0) is 18.5. The molecule has 26 heavy (non-hydrogen) atoms. The number of nitro benzene ring substituents is 1. The number of nitro groups is 1. The maximum Gasteiger partial charge on any atom is 0.269 e. The molecule has 3 rings (SSSR count). The lowest BCUT2D eigenvalue weighted by Crippen LogP contribution is -2.47. The van der Waals surface area contributed by atoms with Gasteiger partial charge in [-0.3, -0.25) is 15.0 Å². The number of anilines is 1. The van der Waals surface area contributed by atoms with Crippen molar-refractivity contribution < 1.29 is 4.92 Å². The first-order chi connectivity index (χ1) is 12.5. The first-order valence-electron chi connectivity index (χ1n) is 8.14. The maximum atomic E-state index is 10.6. The summed E-state index contributed by atoms with van der Waals surface area (Å²) in [6, 6.07) is 13.9. The molecule has 0 spiro atoms. The summed E-state index contributed by atoms with van der Waals surface area (Å²) < 4.78 is -0.0145. The van der Waals surface area contributed by atoms with E-state index in [1.807, 2.05) is 24.3 Å². The minimum atomic E-state index is -0.438. The Morgan fingerprint density at radius 3 is 1.85 bits per heavy atom. The highest BCUT2D eigenvalue weighted by Gasteiger charge is 2.19. The monoisotopic (exact) mass is 389 g/mol. The van der Waals surface area contributed by atoms with Gasteiger partial charge in [0.25, 0.3) is 5.69 Å². The van der Waals surface area contributed by atoms with E-state index in [1.54, 1.807) is 12.1 Å². The summed E-state index contributed by atoms with van der Waals surface area (Å²) in [6.07, 6.45) is 0. The van der Waals surface area contributed by atoms with Gasteiger partial charge in [-0.25, -0.2) is 0 Å². The van der Waals surface area contributed by atoms with Crippen LogP contribution in [0.25, 0.3) is 0 Å². The molecule has 2 aromatic rings. The van der Waals surface area contributed by atoms with Gasteiger partial charge in [0, 0.05) is 44.0 Å². The van der Waals surface area contributed by atoms with E-state index >= 15 is 0 Å². The normalized spacial score (nSPS) is 15.7. The number of non-ortho nitro benzene ring substituents is 1. The van der Waals surface area contributed by atoms with Crippen LogP contribution in [-0.2, 0) is 0 Å². The number of hydrogen-bond donors (Lipinski definition) is 2. The Morgan fingerprint density at radius 1 is 0.885 bits per heavy atom. The maximum absolute atomic E-state index is 10.6. The van der Waals surface area contributed by atoms with Gasteiger partial charge < -0.3 is 4.90 Å². The van der Waals surface area contributed by atoms with Gasteiger partial charge in [-0.2, -0.15) is 10.2 Å². The van der Waals surface area contributed by atoms with Crippen molar-refractivity contribution >= 4 is 48.0 Å². The van der Waals surface area contributed by atoms with Crippen LogP contribution in [0.15, 0.2) is 58.8 Å². The molecule has 0 N–H and O–H groups in total. The van der Waals surface area contributed by atoms with E-state index in [2.05, 4.69) is 45.3 Å². The van der Waals surface area contributed by atoms with E-state index in [-0.39, 0.29) is 10.4 Å². The molecule has 9 heteroatoms. The molecule has 2 aromatic carbocycles. The van der Waals surface area contributed by atoms with Crippen molar-refractivity contribution in [3.8, 4) is 0 Å². The molecule has 0 aliphatic carbocycles. The van der Waals surface area contributed by atoms with Crippen LogP contribution in [0, 0.1) is 10.1 Å². The van der Waals surface area contributed by atoms with Gasteiger partial charge in [0.15, 0.2) is 0 Å². The lowest BCUT2D eigenvalue weighted by Gasteiger charge is -2.37. The van der Waals surface area contributed by atoms with Crippen molar-refractivity contribution in [3.63, 3.8) is 0 Å². The van der Waals surface area contributed by atoms with E-state index in [9.17, 15) is 10.1 Å². The van der Waals surface area contributed by atoms with Gasteiger partial charge in [0.1, 0.15) is 0 Å². The second-order valence-corrected chi connectivity index (χ2v) is 7.24. The molecule has 7 nitrogen and oxygen atoms in total. The van der Waals surface area contributed by atoms with Crippen LogP contribution in [0.3, 0.4) is 0 Å². The Hall–Kier alpha value is -2.10. The highest BCUT2D eigenvalue weighted by Crippen LogP contribution is 2.24. The first kappa shape index (κ1) is 18.7. The predicted molar refractivity (Wildman–Crippen MR) is 109 cm³/mol. The fourth-order valence-corrected chi connectivity index (χ4v) is 3.16. The van der Waals surface area contributed by atoms with Crippen molar-refractivity contribution in [1.82, 2.24) is 4.90 Å². The topological polar surface area (TPSA) is 74.3 Å². The standard InChI is InChI=1S/C17H19N5O2S2/c23-22(24)16-7-3-14(4-8-16)19-18-13-1-5-15(6-2-13)20-9-11-21(12-10-20)17(25)26/h1-8,17,25-26H,9-12H2. The van der Waals surface area contributed by atoms with E-state index in [1.165, 1.54) is 12.1 Å². The van der Waals surface area contributed by atoms with E-state index in [4.69, 9.17) is 0 Å². The average molecular weight is 390 g/mol. The third-order valence-electron chi connectivity index (χ3n) is 4.20. The highest BCUT2D eigenvalue weighted by molar-refractivity contribution is 7.99. The minimum absolute atomic E-state index is 0.0145. The molecular formula is C17H19N5O2S2. The molecule has 1 aliphatic heterocycles. The number of azo groups is 1.